The Labute approximate surface area is 164 Å². The van der Waals surface area contributed by atoms with E-state index in [1.54, 1.807) is 19.1 Å². The maximum Gasteiger partial charge on any atom is 0.338 e. The number of benzene rings is 1. The van der Waals surface area contributed by atoms with Crippen molar-refractivity contribution in [2.24, 2.45) is 0 Å². The van der Waals surface area contributed by atoms with Crippen LogP contribution in [0.3, 0.4) is 0 Å². The molecule has 0 aromatic heterocycles. The number of quaternary nitrogens is 1. The Bertz CT molecular complexity index is 712. The maximum atomic E-state index is 12.7. The summed E-state index contributed by atoms with van der Waals surface area (Å²) in [6.45, 7) is 2.61. The van der Waals surface area contributed by atoms with E-state index >= 15 is 0 Å². The number of amides is 2. The van der Waals surface area contributed by atoms with Crippen LogP contribution in [0.25, 0.3) is 0 Å². The quantitative estimate of drug-likeness (QED) is 0.650. The zero-order valence-electron chi connectivity index (χ0n) is 15.6. The largest absolute Gasteiger partial charge is 0.463 e. The fraction of sp³-hybridized carbons (Fsp3) is 0.500. The lowest BCUT2D eigenvalue weighted by molar-refractivity contribution is -0.685. The van der Waals surface area contributed by atoms with Gasteiger partial charge in [0.2, 0.25) is 0 Å². The third kappa shape index (κ3) is 5.02. The average molecular weight is 393 g/mol. The summed E-state index contributed by atoms with van der Waals surface area (Å²) in [7, 11) is 0. The molecule has 3 rings (SSSR count). The van der Waals surface area contributed by atoms with Crippen LogP contribution in [0.15, 0.2) is 35.5 Å². The van der Waals surface area contributed by atoms with Gasteiger partial charge in [-0.15, -0.1) is 0 Å². The van der Waals surface area contributed by atoms with Crippen LogP contribution in [0.1, 0.15) is 50.6 Å². The van der Waals surface area contributed by atoms with Gasteiger partial charge in [-0.1, -0.05) is 30.2 Å². The molecule has 1 heterocycles. The second-order valence-corrected chi connectivity index (χ2v) is 7.47. The van der Waals surface area contributed by atoms with Crippen molar-refractivity contribution in [3.05, 3.63) is 46.1 Å². The smallest absolute Gasteiger partial charge is 0.338 e. The van der Waals surface area contributed by atoms with Crippen LogP contribution in [0, 0.1) is 0 Å². The third-order valence-corrected chi connectivity index (χ3v) is 5.41. The van der Waals surface area contributed by atoms with E-state index in [4.69, 9.17) is 16.3 Å². The SMILES string of the molecule is CCOC(=O)C1=C(C[NH2+]C2CCCCC2)NC(=O)N[C@@H]1c1ccc(Cl)cc1. The molecular weight excluding hydrogens is 366 g/mol. The Morgan fingerprint density at radius 3 is 2.59 bits per heavy atom. The van der Waals surface area contributed by atoms with Crippen LogP contribution < -0.4 is 16.0 Å². The summed E-state index contributed by atoms with van der Waals surface area (Å²) >= 11 is 5.98. The summed E-state index contributed by atoms with van der Waals surface area (Å²) in [6.07, 6.45) is 6.13. The Hall–Kier alpha value is -2.05. The minimum Gasteiger partial charge on any atom is -0.463 e. The molecule has 1 atom stereocenters. The average Bonchev–Trinajstić information content (AvgIpc) is 2.67. The summed E-state index contributed by atoms with van der Waals surface area (Å²) in [5.74, 6) is -0.406. The van der Waals surface area contributed by atoms with Gasteiger partial charge < -0.3 is 20.7 Å². The number of hydrogen-bond donors (Lipinski definition) is 3. The number of halogens is 1. The van der Waals surface area contributed by atoms with Gasteiger partial charge in [-0.25, -0.2) is 9.59 Å². The number of ether oxygens (including phenoxy) is 1. The van der Waals surface area contributed by atoms with E-state index < -0.39 is 12.0 Å². The Morgan fingerprint density at radius 1 is 1.22 bits per heavy atom. The van der Waals surface area contributed by atoms with E-state index in [9.17, 15) is 9.59 Å². The number of carbonyl (C=O) groups excluding carboxylic acids is 2. The minimum atomic E-state index is -0.551. The van der Waals surface area contributed by atoms with Crippen LogP contribution in [0.4, 0.5) is 4.79 Å². The summed E-state index contributed by atoms with van der Waals surface area (Å²) in [5, 5.41) is 8.51. The molecule has 0 unspecified atom stereocenters. The van der Waals surface area contributed by atoms with E-state index in [1.165, 1.54) is 32.1 Å². The molecule has 1 aromatic carbocycles. The fourth-order valence-electron chi connectivity index (χ4n) is 3.79. The lowest BCUT2D eigenvalue weighted by Crippen LogP contribution is -2.91. The third-order valence-electron chi connectivity index (χ3n) is 5.16. The molecule has 0 bridgehead atoms. The molecule has 4 N–H and O–H groups in total. The van der Waals surface area contributed by atoms with E-state index in [1.807, 2.05) is 12.1 Å². The molecular formula is C20H27ClN3O3+. The maximum absolute atomic E-state index is 12.7. The zero-order valence-corrected chi connectivity index (χ0v) is 16.3. The first kappa shape index (κ1) is 19.7. The molecule has 7 heteroatoms. The van der Waals surface area contributed by atoms with Crippen LogP contribution >= 0.6 is 11.6 Å². The predicted molar refractivity (Wildman–Crippen MR) is 103 cm³/mol. The van der Waals surface area contributed by atoms with Crippen molar-refractivity contribution in [2.75, 3.05) is 13.2 Å². The minimum absolute atomic E-state index is 0.281. The molecule has 1 aromatic rings. The van der Waals surface area contributed by atoms with Gasteiger partial charge in [-0.2, -0.15) is 0 Å². The second kappa shape index (κ2) is 9.24. The van der Waals surface area contributed by atoms with E-state index in [0.717, 1.165) is 5.56 Å². The molecule has 0 saturated heterocycles. The van der Waals surface area contributed by atoms with Crippen LogP contribution in [0.5, 0.6) is 0 Å². The Morgan fingerprint density at radius 2 is 1.93 bits per heavy atom. The van der Waals surface area contributed by atoms with Gasteiger partial charge in [0.1, 0.15) is 6.54 Å². The highest BCUT2D eigenvalue weighted by Gasteiger charge is 2.34. The van der Waals surface area contributed by atoms with Crippen molar-refractivity contribution in [3.63, 3.8) is 0 Å². The van der Waals surface area contributed by atoms with Crippen LogP contribution in [-0.4, -0.2) is 31.2 Å². The molecule has 0 spiro atoms. The van der Waals surface area contributed by atoms with Gasteiger partial charge >= 0.3 is 12.0 Å². The fourth-order valence-corrected chi connectivity index (χ4v) is 3.91. The number of carbonyl (C=O) groups is 2. The van der Waals surface area contributed by atoms with Crippen molar-refractivity contribution >= 4 is 23.6 Å². The first-order chi connectivity index (χ1) is 13.1. The first-order valence-electron chi connectivity index (χ1n) is 9.65. The van der Waals surface area contributed by atoms with Gasteiger partial charge in [0.15, 0.2) is 0 Å². The number of esters is 1. The molecule has 0 radical (unpaired) electrons. The van der Waals surface area contributed by atoms with Gasteiger partial charge in [0.05, 0.1) is 30.0 Å². The lowest BCUT2D eigenvalue weighted by Gasteiger charge is -2.29. The van der Waals surface area contributed by atoms with Gasteiger partial charge in [-0.3, -0.25) is 0 Å². The number of nitrogens with one attached hydrogen (secondary N) is 2. The molecule has 2 amide bonds. The summed E-state index contributed by atoms with van der Waals surface area (Å²) in [5.41, 5.74) is 1.89. The van der Waals surface area contributed by atoms with E-state index in [0.29, 0.717) is 28.9 Å². The molecule has 1 aliphatic heterocycles. The first-order valence-corrected chi connectivity index (χ1v) is 10.0. The van der Waals surface area contributed by atoms with E-state index in [2.05, 4.69) is 16.0 Å². The molecule has 2 aliphatic rings. The highest BCUT2D eigenvalue weighted by molar-refractivity contribution is 6.30. The molecule has 27 heavy (non-hydrogen) atoms. The Kier molecular flexibility index (Phi) is 6.74. The van der Waals surface area contributed by atoms with E-state index in [-0.39, 0.29) is 12.6 Å². The second-order valence-electron chi connectivity index (χ2n) is 7.03. The molecule has 1 aliphatic carbocycles. The highest BCUT2D eigenvalue weighted by atomic mass is 35.5. The summed E-state index contributed by atoms with van der Waals surface area (Å²) in [6, 6.07) is 6.82. The predicted octanol–water partition coefficient (Wildman–Crippen LogP) is 2.41. The number of rotatable bonds is 6. The summed E-state index contributed by atoms with van der Waals surface area (Å²) in [4.78, 5) is 25.0. The van der Waals surface area contributed by atoms with Gasteiger partial charge in [-0.05, 0) is 50.3 Å². The highest BCUT2D eigenvalue weighted by Crippen LogP contribution is 2.28. The monoisotopic (exact) mass is 392 g/mol. The van der Waals surface area contributed by atoms with Crippen LogP contribution in [0.2, 0.25) is 5.02 Å². The standard InChI is InChI=1S/C20H26ClN3O3/c1-2-27-19(25)17-16(12-22-15-6-4-3-5-7-15)23-20(26)24-18(17)13-8-10-14(21)11-9-13/h8-11,15,18,22H,2-7,12H2,1H3,(H2,23,24,26)/p+1/t18-/m1/s1. The number of urea groups is 1. The zero-order chi connectivity index (χ0) is 19.2. The molecule has 6 nitrogen and oxygen atoms in total. The van der Waals surface area contributed by atoms with Crippen molar-refractivity contribution in [1.82, 2.24) is 10.6 Å². The summed E-state index contributed by atoms with van der Waals surface area (Å²) < 4.78 is 5.29. The molecule has 1 saturated carbocycles. The number of nitrogens with two attached hydrogens (primary N) is 1. The number of hydrogen-bond acceptors (Lipinski definition) is 3. The molecule has 1 fully saturated rings. The molecule has 146 valence electrons. The van der Waals surface area contributed by atoms with Gasteiger partial charge in [0.25, 0.3) is 0 Å². The topological polar surface area (TPSA) is 84.0 Å². The Balaban J connectivity index is 1.88. The van der Waals surface area contributed by atoms with Crippen molar-refractivity contribution in [1.29, 1.82) is 0 Å². The van der Waals surface area contributed by atoms with Gasteiger partial charge in [0, 0.05) is 5.02 Å². The van der Waals surface area contributed by atoms with Crippen molar-refractivity contribution in [2.45, 2.75) is 51.1 Å². The van der Waals surface area contributed by atoms with Crippen LogP contribution in [-0.2, 0) is 9.53 Å². The lowest BCUT2D eigenvalue weighted by atomic mass is 9.93. The normalized spacial score (nSPS) is 20.8. The van der Waals surface area contributed by atoms with Crippen molar-refractivity contribution in [3.8, 4) is 0 Å². The van der Waals surface area contributed by atoms with Crippen molar-refractivity contribution < 1.29 is 19.6 Å².